The molecule has 0 bridgehead atoms. The largest absolute Gasteiger partial charge is 0.302 e. The van der Waals surface area contributed by atoms with E-state index in [1.54, 1.807) is 0 Å². The summed E-state index contributed by atoms with van der Waals surface area (Å²) in [5, 5.41) is 15.4. The van der Waals surface area contributed by atoms with Crippen molar-refractivity contribution in [1.29, 1.82) is 0 Å². The third-order valence-electron chi connectivity index (χ3n) is 4.64. The number of carbonyl (C=O) groups is 1. The van der Waals surface area contributed by atoms with E-state index in [9.17, 15) is 4.79 Å². The number of rotatable bonds is 7. The molecular weight excluding hydrogens is 450 g/mol. The van der Waals surface area contributed by atoms with Gasteiger partial charge < -0.3 is 9.88 Å². The molecule has 0 fully saturated rings. The van der Waals surface area contributed by atoms with Crippen molar-refractivity contribution in [2.24, 2.45) is 0 Å². The number of nitrogens with one attached hydrogen (secondary N) is 1. The van der Waals surface area contributed by atoms with Crippen molar-refractivity contribution < 1.29 is 4.79 Å². The fraction of sp³-hybridized carbons (Fsp3) is 0.182. The Bertz CT molecular complexity index is 1200. The topological polar surface area (TPSA) is 72.7 Å². The first-order valence-electron chi connectivity index (χ1n) is 9.68. The maximum absolute atomic E-state index is 12.5. The fourth-order valence-electron chi connectivity index (χ4n) is 3.07. The van der Waals surface area contributed by atoms with Gasteiger partial charge in [0.1, 0.15) is 0 Å². The molecule has 0 saturated heterocycles. The number of benzene rings is 2. The number of nitrogens with zero attached hydrogens (tertiary/aromatic N) is 4. The van der Waals surface area contributed by atoms with E-state index in [-0.39, 0.29) is 11.7 Å². The molecule has 31 heavy (non-hydrogen) atoms. The summed E-state index contributed by atoms with van der Waals surface area (Å²) >= 11 is 8.69. The number of anilines is 1. The van der Waals surface area contributed by atoms with Gasteiger partial charge in [0.2, 0.25) is 5.91 Å². The number of aromatic nitrogens is 4. The third-order valence-corrected chi connectivity index (χ3v) is 6.62. The molecule has 0 aliphatic rings. The quantitative estimate of drug-likeness (QED) is 0.347. The van der Waals surface area contributed by atoms with Crippen molar-refractivity contribution in [3.63, 3.8) is 0 Å². The first-order valence-corrected chi connectivity index (χ1v) is 11.9. The van der Waals surface area contributed by atoms with Crippen LogP contribution in [0.15, 0.2) is 59.1 Å². The average molecular weight is 470 g/mol. The SMILES string of the molecule is CCn1c(SCC(=O)Nc2nc(-c3ccc(Cl)cc3)cs2)nnc1-c1ccccc1C. The zero-order valence-electron chi connectivity index (χ0n) is 17.0. The standard InChI is InChI=1S/C22H20ClN5OS2/c1-3-28-20(17-7-5-4-6-14(17)2)26-27-22(28)31-13-19(29)25-21-24-18(12-30-21)15-8-10-16(23)11-9-15/h4-12H,3,13H2,1-2H3,(H,24,25,29). The second-order valence-electron chi connectivity index (χ2n) is 6.75. The van der Waals surface area contributed by atoms with Gasteiger partial charge in [-0.15, -0.1) is 21.5 Å². The number of thioether (sulfide) groups is 1. The van der Waals surface area contributed by atoms with Gasteiger partial charge in [-0.1, -0.05) is 59.8 Å². The molecule has 2 heterocycles. The molecule has 6 nitrogen and oxygen atoms in total. The molecule has 0 aliphatic carbocycles. The van der Waals surface area contributed by atoms with E-state index < -0.39 is 0 Å². The molecule has 1 amide bonds. The maximum atomic E-state index is 12.5. The number of hydrogen-bond acceptors (Lipinski definition) is 6. The van der Waals surface area contributed by atoms with Crippen LogP contribution in [0.3, 0.4) is 0 Å². The molecular formula is C22H20ClN5OS2. The Morgan fingerprint density at radius 3 is 2.68 bits per heavy atom. The number of hydrogen-bond donors (Lipinski definition) is 1. The van der Waals surface area contributed by atoms with Crippen molar-refractivity contribution in [1.82, 2.24) is 19.7 Å². The minimum atomic E-state index is -0.134. The van der Waals surface area contributed by atoms with Crippen LogP contribution in [0, 0.1) is 6.92 Å². The predicted molar refractivity (Wildman–Crippen MR) is 128 cm³/mol. The van der Waals surface area contributed by atoms with Crippen molar-refractivity contribution in [2.45, 2.75) is 25.5 Å². The minimum absolute atomic E-state index is 0.134. The Hall–Kier alpha value is -2.68. The van der Waals surface area contributed by atoms with Crippen LogP contribution < -0.4 is 5.32 Å². The van der Waals surface area contributed by atoms with Crippen molar-refractivity contribution >= 4 is 45.7 Å². The summed E-state index contributed by atoms with van der Waals surface area (Å²) in [7, 11) is 0. The molecule has 0 atom stereocenters. The van der Waals surface area contributed by atoms with Crippen LogP contribution in [0.2, 0.25) is 5.02 Å². The number of thiazole rings is 1. The van der Waals surface area contributed by atoms with Crippen LogP contribution in [0.4, 0.5) is 5.13 Å². The molecule has 4 rings (SSSR count). The molecule has 0 radical (unpaired) electrons. The lowest BCUT2D eigenvalue weighted by Crippen LogP contribution is -2.14. The number of halogens is 1. The van der Waals surface area contributed by atoms with Crippen molar-refractivity contribution in [3.8, 4) is 22.6 Å². The Kier molecular flexibility index (Phi) is 6.70. The Morgan fingerprint density at radius 2 is 1.94 bits per heavy atom. The average Bonchev–Trinajstić information content (AvgIpc) is 3.40. The van der Waals surface area contributed by atoms with Crippen LogP contribution in [-0.2, 0) is 11.3 Å². The summed E-state index contributed by atoms with van der Waals surface area (Å²) in [6.45, 7) is 4.82. The van der Waals surface area contributed by atoms with E-state index in [0.29, 0.717) is 10.2 Å². The molecule has 158 valence electrons. The lowest BCUT2D eigenvalue weighted by molar-refractivity contribution is -0.113. The first-order chi connectivity index (χ1) is 15.0. The van der Waals surface area contributed by atoms with Crippen LogP contribution in [-0.4, -0.2) is 31.4 Å². The summed E-state index contributed by atoms with van der Waals surface area (Å²) < 4.78 is 2.03. The molecule has 0 spiro atoms. The zero-order chi connectivity index (χ0) is 21.8. The monoisotopic (exact) mass is 469 g/mol. The Labute approximate surface area is 193 Å². The second-order valence-corrected chi connectivity index (χ2v) is 8.98. The molecule has 2 aromatic heterocycles. The second kappa shape index (κ2) is 9.64. The fourth-order valence-corrected chi connectivity index (χ4v) is 4.74. The van der Waals surface area contributed by atoms with E-state index in [0.717, 1.165) is 39.9 Å². The molecule has 2 aromatic carbocycles. The van der Waals surface area contributed by atoms with Crippen molar-refractivity contribution in [3.05, 3.63) is 64.5 Å². The van der Waals surface area contributed by atoms with E-state index in [2.05, 4.69) is 33.5 Å². The van der Waals surface area contributed by atoms with E-state index in [1.807, 2.05) is 59.3 Å². The highest BCUT2D eigenvalue weighted by molar-refractivity contribution is 7.99. The van der Waals surface area contributed by atoms with Crippen molar-refractivity contribution in [2.75, 3.05) is 11.1 Å². The van der Waals surface area contributed by atoms with Crippen LogP contribution in [0.5, 0.6) is 0 Å². The minimum Gasteiger partial charge on any atom is -0.302 e. The highest BCUT2D eigenvalue weighted by atomic mass is 35.5. The van der Waals surface area contributed by atoms with E-state index >= 15 is 0 Å². The molecule has 4 aromatic rings. The Morgan fingerprint density at radius 1 is 1.16 bits per heavy atom. The first kappa shape index (κ1) is 21.5. The normalized spacial score (nSPS) is 10.9. The number of amides is 1. The van der Waals surface area contributed by atoms with Gasteiger partial charge in [-0.3, -0.25) is 4.79 Å². The van der Waals surface area contributed by atoms with Gasteiger partial charge in [0.05, 0.1) is 11.4 Å². The summed E-state index contributed by atoms with van der Waals surface area (Å²) in [6, 6.07) is 15.5. The van der Waals surface area contributed by atoms with E-state index in [4.69, 9.17) is 11.6 Å². The lowest BCUT2D eigenvalue weighted by atomic mass is 10.1. The Balaban J connectivity index is 1.41. The highest BCUT2D eigenvalue weighted by Crippen LogP contribution is 2.28. The lowest BCUT2D eigenvalue weighted by Gasteiger charge is -2.09. The van der Waals surface area contributed by atoms with Crippen LogP contribution >= 0.6 is 34.7 Å². The van der Waals surface area contributed by atoms with Crippen LogP contribution in [0.25, 0.3) is 22.6 Å². The molecule has 0 aliphatic heterocycles. The molecule has 0 saturated carbocycles. The number of aryl methyl sites for hydroxylation is 1. The van der Waals surface area contributed by atoms with Gasteiger partial charge in [0, 0.05) is 28.1 Å². The van der Waals surface area contributed by atoms with E-state index in [1.165, 1.54) is 23.1 Å². The van der Waals surface area contributed by atoms with Gasteiger partial charge in [-0.2, -0.15) is 0 Å². The third kappa shape index (κ3) is 4.98. The summed E-state index contributed by atoms with van der Waals surface area (Å²) in [5.74, 6) is 0.906. The predicted octanol–water partition coefficient (Wildman–Crippen LogP) is 5.78. The van der Waals surface area contributed by atoms with Gasteiger partial charge in [-0.05, 0) is 31.5 Å². The van der Waals surface area contributed by atoms with Gasteiger partial charge >= 0.3 is 0 Å². The molecule has 0 unspecified atom stereocenters. The summed E-state index contributed by atoms with van der Waals surface area (Å²) in [4.78, 5) is 17.0. The summed E-state index contributed by atoms with van der Waals surface area (Å²) in [6.07, 6.45) is 0. The van der Waals surface area contributed by atoms with Gasteiger partial charge in [0.25, 0.3) is 0 Å². The maximum Gasteiger partial charge on any atom is 0.236 e. The van der Waals surface area contributed by atoms with Gasteiger partial charge in [0.15, 0.2) is 16.1 Å². The van der Waals surface area contributed by atoms with Gasteiger partial charge in [-0.25, -0.2) is 4.98 Å². The molecule has 9 heteroatoms. The summed E-state index contributed by atoms with van der Waals surface area (Å²) in [5.41, 5.74) is 3.94. The smallest absolute Gasteiger partial charge is 0.236 e. The van der Waals surface area contributed by atoms with Crippen LogP contribution in [0.1, 0.15) is 12.5 Å². The molecule has 1 N–H and O–H groups in total. The number of carbonyl (C=O) groups excluding carboxylic acids is 1. The highest BCUT2D eigenvalue weighted by Gasteiger charge is 2.16. The zero-order valence-corrected chi connectivity index (χ0v) is 19.4.